The number of hydrogen-bond acceptors (Lipinski definition) is 7. The first-order valence-corrected chi connectivity index (χ1v) is 10.1. The number of amides is 3. The van der Waals surface area contributed by atoms with Gasteiger partial charge in [-0.15, -0.1) is 0 Å². The molecule has 0 radical (unpaired) electrons. The average molecular weight is 444 g/mol. The van der Waals surface area contributed by atoms with Crippen molar-refractivity contribution in [2.45, 2.75) is 37.8 Å². The highest BCUT2D eigenvalue weighted by atomic mass is 16.3. The van der Waals surface area contributed by atoms with E-state index in [1.54, 1.807) is 0 Å². The number of nitrogens with zero attached hydrogens (tertiary/aromatic N) is 1. The van der Waals surface area contributed by atoms with E-state index < -0.39 is 29.8 Å². The highest BCUT2D eigenvalue weighted by Crippen LogP contribution is 2.25. The molecule has 9 N–H and O–H groups in total. The van der Waals surface area contributed by atoms with Crippen LogP contribution in [0.15, 0.2) is 36.8 Å². The van der Waals surface area contributed by atoms with Crippen LogP contribution >= 0.6 is 0 Å². The molecule has 0 aliphatic rings. The van der Waals surface area contributed by atoms with E-state index in [1.807, 2.05) is 0 Å². The Kier molecular flexibility index (Phi) is 9.23. The topological polar surface area (TPSA) is 196 Å². The number of benzene rings is 1. The third-order valence-corrected chi connectivity index (χ3v) is 4.65. The van der Waals surface area contributed by atoms with Gasteiger partial charge in [0, 0.05) is 24.4 Å². The maximum atomic E-state index is 12.8. The van der Waals surface area contributed by atoms with Gasteiger partial charge in [-0.3, -0.25) is 14.4 Å². The molecule has 1 aromatic carbocycles. The van der Waals surface area contributed by atoms with E-state index in [0.717, 1.165) is 0 Å². The highest BCUT2D eigenvalue weighted by molar-refractivity contribution is 5.96. The van der Waals surface area contributed by atoms with E-state index in [0.29, 0.717) is 37.1 Å². The Morgan fingerprint density at radius 1 is 1.12 bits per heavy atom. The number of carbonyl (C=O) groups is 3. The lowest BCUT2D eigenvalue weighted by molar-refractivity contribution is -0.130. The van der Waals surface area contributed by atoms with Gasteiger partial charge < -0.3 is 37.3 Å². The first-order valence-electron chi connectivity index (χ1n) is 10.1. The lowest BCUT2D eigenvalue weighted by Gasteiger charge is -2.21. The number of unbranched alkanes of at least 4 members (excludes halogenated alkanes) is 1. The molecule has 0 aliphatic heterocycles. The number of phenolic OH excluding ortho intramolecular Hbond substituents is 2. The number of hydrogen-bond donors (Lipinski definition) is 7. The van der Waals surface area contributed by atoms with Crippen LogP contribution in [0, 0.1) is 0 Å². The summed E-state index contributed by atoms with van der Waals surface area (Å²) in [5.74, 6) is -2.42. The van der Waals surface area contributed by atoms with E-state index in [2.05, 4.69) is 20.6 Å². The van der Waals surface area contributed by atoms with Crippen LogP contribution in [0.4, 0.5) is 0 Å². The minimum atomic E-state index is -1.00. The third-order valence-electron chi connectivity index (χ3n) is 4.65. The molecule has 0 aliphatic carbocycles. The molecular weight excluding hydrogens is 416 g/mol. The van der Waals surface area contributed by atoms with Gasteiger partial charge in [-0.2, -0.15) is 0 Å². The Bertz CT molecular complexity index is 944. The summed E-state index contributed by atoms with van der Waals surface area (Å²) < 4.78 is 0. The molecule has 1 aromatic heterocycles. The number of H-pyrrole nitrogens is 1. The average Bonchev–Trinajstić information content (AvgIpc) is 3.26. The van der Waals surface area contributed by atoms with Crippen LogP contribution in [0.2, 0.25) is 0 Å². The molecule has 1 heterocycles. The zero-order valence-corrected chi connectivity index (χ0v) is 17.5. The van der Waals surface area contributed by atoms with Gasteiger partial charge in [0.05, 0.1) is 6.33 Å². The minimum absolute atomic E-state index is 0.111. The van der Waals surface area contributed by atoms with E-state index >= 15 is 0 Å². The van der Waals surface area contributed by atoms with Crippen LogP contribution < -0.4 is 22.1 Å². The number of nitrogens with two attached hydrogens (primary N) is 2. The monoisotopic (exact) mass is 444 g/mol. The summed E-state index contributed by atoms with van der Waals surface area (Å²) in [5, 5.41) is 24.1. The van der Waals surface area contributed by atoms with E-state index in [9.17, 15) is 24.6 Å². The summed E-state index contributed by atoms with van der Waals surface area (Å²) >= 11 is 0. The number of aromatic hydroxyl groups is 2. The molecule has 32 heavy (non-hydrogen) atoms. The van der Waals surface area contributed by atoms with Crippen LogP contribution in [0.25, 0.3) is 6.08 Å². The van der Waals surface area contributed by atoms with Crippen molar-refractivity contribution in [1.82, 2.24) is 20.6 Å². The molecule has 0 bridgehead atoms. The van der Waals surface area contributed by atoms with Crippen molar-refractivity contribution < 1.29 is 24.6 Å². The number of nitrogens with one attached hydrogen (secondary N) is 3. The van der Waals surface area contributed by atoms with Gasteiger partial charge in [0.2, 0.25) is 17.7 Å². The molecule has 11 heteroatoms. The van der Waals surface area contributed by atoms with Gasteiger partial charge in [-0.1, -0.05) is 6.07 Å². The number of carbonyl (C=O) groups excluding carboxylic acids is 3. The summed E-state index contributed by atoms with van der Waals surface area (Å²) in [7, 11) is 0. The number of aromatic nitrogens is 2. The molecule has 0 saturated carbocycles. The first-order chi connectivity index (χ1) is 15.3. The van der Waals surface area contributed by atoms with Gasteiger partial charge in [-0.05, 0) is 49.6 Å². The molecule has 2 aromatic rings. The Balaban J connectivity index is 2.08. The molecule has 3 amide bonds. The number of rotatable bonds is 12. The lowest BCUT2D eigenvalue weighted by atomic mass is 10.1. The van der Waals surface area contributed by atoms with E-state index in [-0.39, 0.29) is 17.9 Å². The van der Waals surface area contributed by atoms with Crippen LogP contribution in [0.3, 0.4) is 0 Å². The van der Waals surface area contributed by atoms with Crippen molar-refractivity contribution in [3.8, 4) is 11.5 Å². The summed E-state index contributed by atoms with van der Waals surface area (Å²) in [5.41, 5.74) is 11.9. The Labute approximate surface area is 184 Å². The number of phenols is 2. The van der Waals surface area contributed by atoms with Crippen LogP contribution in [-0.4, -0.2) is 56.5 Å². The maximum absolute atomic E-state index is 12.8. The maximum Gasteiger partial charge on any atom is 0.244 e. The van der Waals surface area contributed by atoms with Gasteiger partial charge in [-0.25, -0.2) is 4.98 Å². The van der Waals surface area contributed by atoms with Gasteiger partial charge in [0.25, 0.3) is 0 Å². The molecule has 172 valence electrons. The Hall–Kier alpha value is -3.86. The smallest absolute Gasteiger partial charge is 0.244 e. The van der Waals surface area contributed by atoms with Crippen molar-refractivity contribution >= 4 is 23.8 Å². The molecular formula is C21H28N6O5. The van der Waals surface area contributed by atoms with E-state index in [4.69, 9.17) is 11.5 Å². The molecule has 0 spiro atoms. The van der Waals surface area contributed by atoms with Crippen LogP contribution in [0.5, 0.6) is 11.5 Å². The van der Waals surface area contributed by atoms with Crippen molar-refractivity contribution in [3.05, 3.63) is 48.1 Å². The predicted molar refractivity (Wildman–Crippen MR) is 117 cm³/mol. The lowest BCUT2D eigenvalue weighted by Crippen LogP contribution is -2.53. The molecule has 11 nitrogen and oxygen atoms in total. The van der Waals surface area contributed by atoms with Gasteiger partial charge >= 0.3 is 0 Å². The summed E-state index contributed by atoms with van der Waals surface area (Å²) in [6.07, 6.45) is 7.32. The normalized spacial score (nSPS) is 12.9. The largest absolute Gasteiger partial charge is 0.504 e. The number of aromatic amines is 1. The Morgan fingerprint density at radius 2 is 1.91 bits per heavy atom. The summed E-state index contributed by atoms with van der Waals surface area (Å²) in [4.78, 5) is 43.7. The third kappa shape index (κ3) is 7.76. The number of primary amides is 1. The Morgan fingerprint density at radius 3 is 2.53 bits per heavy atom. The van der Waals surface area contributed by atoms with Crippen molar-refractivity contribution in [1.29, 1.82) is 0 Å². The standard InChI is InChI=1S/C21H28N6O5/c22-8-2-1-3-15(20(23)31)27-21(32)16(10-14-11-24-12-25-14)26-19(30)7-5-13-4-6-17(28)18(29)9-13/h4-7,9,11-12,15-16,28-29H,1-3,8,10,22H2,(H2,23,31)(H,24,25)(H,26,30)(H,27,32)/b7-5+/t15-,16-/m0/s1. The predicted octanol–water partition coefficient (Wildman–Crippen LogP) is -0.339. The quantitative estimate of drug-likeness (QED) is 0.132. The van der Waals surface area contributed by atoms with Crippen LogP contribution in [-0.2, 0) is 20.8 Å². The molecule has 2 atom stereocenters. The minimum Gasteiger partial charge on any atom is -0.504 e. The zero-order chi connectivity index (χ0) is 23.5. The van der Waals surface area contributed by atoms with E-state index in [1.165, 1.54) is 42.9 Å². The SMILES string of the molecule is NCCCC[C@H](NC(=O)[C@H](Cc1cnc[nH]1)NC(=O)/C=C/c1ccc(O)c(O)c1)C(N)=O. The fourth-order valence-electron chi connectivity index (χ4n) is 2.91. The van der Waals surface area contributed by atoms with Crippen molar-refractivity contribution in [2.75, 3.05) is 6.54 Å². The molecule has 0 unspecified atom stereocenters. The second-order valence-electron chi connectivity index (χ2n) is 7.17. The second-order valence-corrected chi connectivity index (χ2v) is 7.17. The first kappa shape index (κ1) is 24.4. The molecule has 0 fully saturated rings. The van der Waals surface area contributed by atoms with Crippen LogP contribution in [0.1, 0.15) is 30.5 Å². The summed E-state index contributed by atoms with van der Waals surface area (Å²) in [6, 6.07) is 2.19. The van der Waals surface area contributed by atoms with Crippen molar-refractivity contribution in [3.63, 3.8) is 0 Å². The van der Waals surface area contributed by atoms with Gasteiger partial charge in [0.1, 0.15) is 12.1 Å². The summed E-state index contributed by atoms with van der Waals surface area (Å²) in [6.45, 7) is 0.461. The zero-order valence-electron chi connectivity index (χ0n) is 17.5. The number of imidazole rings is 1. The fraction of sp³-hybridized carbons (Fsp3) is 0.333. The molecule has 2 rings (SSSR count). The fourth-order valence-corrected chi connectivity index (χ4v) is 2.91. The highest BCUT2D eigenvalue weighted by Gasteiger charge is 2.25. The molecule has 0 saturated heterocycles. The van der Waals surface area contributed by atoms with Crippen molar-refractivity contribution in [2.24, 2.45) is 11.5 Å². The second kappa shape index (κ2) is 12.1. The van der Waals surface area contributed by atoms with Gasteiger partial charge in [0.15, 0.2) is 11.5 Å².